The summed E-state index contributed by atoms with van der Waals surface area (Å²) in [4.78, 5) is 13.1. The van der Waals surface area contributed by atoms with E-state index < -0.39 is 0 Å². The summed E-state index contributed by atoms with van der Waals surface area (Å²) in [5.74, 6) is 1.58. The van der Waals surface area contributed by atoms with Crippen molar-refractivity contribution in [3.63, 3.8) is 0 Å². The van der Waals surface area contributed by atoms with Gasteiger partial charge in [-0.1, -0.05) is 0 Å². The molecule has 4 nitrogen and oxygen atoms in total. The number of fused-ring (bicyclic) bond motifs is 2. The first-order valence-corrected chi connectivity index (χ1v) is 4.45. The van der Waals surface area contributed by atoms with Crippen LogP contribution in [0.3, 0.4) is 0 Å². The quantitative estimate of drug-likeness (QED) is 0.612. The van der Waals surface area contributed by atoms with Crippen molar-refractivity contribution >= 4 is 11.6 Å². The van der Waals surface area contributed by atoms with Crippen LogP contribution in [0.1, 0.15) is 5.56 Å². The average Bonchev–Trinajstić information content (AvgIpc) is 2.70. The first-order chi connectivity index (χ1) is 6.75. The second-order valence-electron chi connectivity index (χ2n) is 3.46. The summed E-state index contributed by atoms with van der Waals surface area (Å²) in [6.45, 7) is 0.274. The fourth-order valence-electron chi connectivity index (χ4n) is 1.84. The van der Waals surface area contributed by atoms with Crippen LogP contribution < -0.4 is 14.4 Å². The average molecular weight is 191 g/mol. The molecule has 0 saturated heterocycles. The minimum atomic E-state index is 0.115. The SMILES string of the molecule is CN1C(=O)Cc2cc3c(cc21)OCO3. The van der Waals surface area contributed by atoms with E-state index in [1.54, 1.807) is 11.9 Å². The molecule has 4 heteroatoms. The van der Waals surface area contributed by atoms with Gasteiger partial charge in [-0.05, 0) is 11.6 Å². The van der Waals surface area contributed by atoms with Crippen molar-refractivity contribution in [2.24, 2.45) is 0 Å². The molecule has 0 fully saturated rings. The lowest BCUT2D eigenvalue weighted by molar-refractivity contribution is -0.117. The van der Waals surface area contributed by atoms with E-state index in [1.807, 2.05) is 12.1 Å². The van der Waals surface area contributed by atoms with Crippen LogP contribution in [0.5, 0.6) is 11.5 Å². The fraction of sp³-hybridized carbons (Fsp3) is 0.300. The zero-order chi connectivity index (χ0) is 9.71. The molecule has 2 heterocycles. The van der Waals surface area contributed by atoms with Gasteiger partial charge in [0.25, 0.3) is 0 Å². The highest BCUT2D eigenvalue weighted by molar-refractivity contribution is 6.01. The molecule has 0 atom stereocenters. The van der Waals surface area contributed by atoms with Crippen molar-refractivity contribution in [1.29, 1.82) is 0 Å². The number of ether oxygens (including phenoxy) is 2. The Kier molecular flexibility index (Phi) is 1.32. The summed E-state index contributed by atoms with van der Waals surface area (Å²) in [5, 5.41) is 0. The molecule has 3 rings (SSSR count). The van der Waals surface area contributed by atoms with Crippen LogP contribution in [0, 0.1) is 0 Å². The number of nitrogens with zero attached hydrogens (tertiary/aromatic N) is 1. The molecule has 1 amide bonds. The minimum Gasteiger partial charge on any atom is -0.454 e. The summed E-state index contributed by atoms with van der Waals surface area (Å²) in [5.41, 5.74) is 1.95. The predicted molar refractivity (Wildman–Crippen MR) is 49.7 cm³/mol. The lowest BCUT2D eigenvalue weighted by Crippen LogP contribution is -2.20. The first-order valence-electron chi connectivity index (χ1n) is 4.45. The van der Waals surface area contributed by atoms with Crippen LogP contribution in [-0.4, -0.2) is 19.7 Å². The lowest BCUT2D eigenvalue weighted by Gasteiger charge is -2.09. The molecule has 14 heavy (non-hydrogen) atoms. The van der Waals surface area contributed by atoms with Gasteiger partial charge in [-0.3, -0.25) is 4.79 Å². The maximum absolute atomic E-state index is 11.4. The molecule has 0 saturated carbocycles. The molecule has 0 spiro atoms. The van der Waals surface area contributed by atoms with E-state index in [0.29, 0.717) is 6.42 Å². The number of hydrogen-bond donors (Lipinski definition) is 0. The topological polar surface area (TPSA) is 38.8 Å². The van der Waals surface area contributed by atoms with Crippen molar-refractivity contribution < 1.29 is 14.3 Å². The summed E-state index contributed by atoms with van der Waals surface area (Å²) in [6, 6.07) is 3.75. The maximum atomic E-state index is 11.4. The molecular weight excluding hydrogens is 182 g/mol. The second-order valence-corrected chi connectivity index (χ2v) is 3.46. The number of rotatable bonds is 0. The van der Waals surface area contributed by atoms with Gasteiger partial charge in [-0.15, -0.1) is 0 Å². The zero-order valence-electron chi connectivity index (χ0n) is 7.74. The van der Waals surface area contributed by atoms with Crippen molar-refractivity contribution in [1.82, 2.24) is 0 Å². The largest absolute Gasteiger partial charge is 0.454 e. The third-order valence-corrected chi connectivity index (χ3v) is 2.65. The van der Waals surface area contributed by atoms with Gasteiger partial charge in [0.15, 0.2) is 11.5 Å². The summed E-state index contributed by atoms with van der Waals surface area (Å²) in [6.07, 6.45) is 0.461. The van der Waals surface area contributed by atoms with Crippen molar-refractivity contribution in [3.05, 3.63) is 17.7 Å². The van der Waals surface area contributed by atoms with Crippen molar-refractivity contribution in [2.75, 3.05) is 18.7 Å². The highest BCUT2D eigenvalue weighted by atomic mass is 16.7. The summed E-state index contributed by atoms with van der Waals surface area (Å²) < 4.78 is 10.5. The minimum absolute atomic E-state index is 0.115. The van der Waals surface area contributed by atoms with E-state index in [1.165, 1.54) is 0 Å². The number of anilines is 1. The monoisotopic (exact) mass is 191 g/mol. The van der Waals surface area contributed by atoms with E-state index in [4.69, 9.17) is 9.47 Å². The van der Waals surface area contributed by atoms with E-state index in [2.05, 4.69) is 0 Å². The van der Waals surface area contributed by atoms with Crippen LogP contribution in [0.15, 0.2) is 12.1 Å². The highest BCUT2D eigenvalue weighted by Gasteiger charge is 2.27. The third-order valence-electron chi connectivity index (χ3n) is 2.65. The zero-order valence-corrected chi connectivity index (χ0v) is 7.74. The first kappa shape index (κ1) is 7.67. The number of carbonyl (C=O) groups is 1. The molecule has 0 unspecified atom stereocenters. The van der Waals surface area contributed by atoms with Gasteiger partial charge in [0.1, 0.15) is 0 Å². The number of benzene rings is 1. The highest BCUT2D eigenvalue weighted by Crippen LogP contribution is 2.40. The molecule has 2 aliphatic heterocycles. The Balaban J connectivity index is 2.17. The molecule has 0 N–H and O–H groups in total. The predicted octanol–water partition coefficient (Wildman–Crippen LogP) is 0.934. The third kappa shape index (κ3) is 0.852. The lowest BCUT2D eigenvalue weighted by atomic mass is 10.1. The van der Waals surface area contributed by atoms with Crippen LogP contribution in [0.4, 0.5) is 5.69 Å². The fourth-order valence-corrected chi connectivity index (χ4v) is 1.84. The smallest absolute Gasteiger partial charge is 0.231 e. The Morgan fingerprint density at radius 1 is 1.29 bits per heavy atom. The standard InChI is InChI=1S/C10H9NO3/c1-11-7-4-9-8(13-5-14-9)2-6(7)3-10(11)12/h2,4H,3,5H2,1H3. The molecule has 1 aromatic rings. The molecule has 1 aromatic carbocycles. The number of amides is 1. The van der Waals surface area contributed by atoms with Gasteiger partial charge in [0.2, 0.25) is 12.7 Å². The molecule has 0 bridgehead atoms. The Hall–Kier alpha value is -1.71. The van der Waals surface area contributed by atoms with E-state index in [-0.39, 0.29) is 12.7 Å². The van der Waals surface area contributed by atoms with Crippen LogP contribution in [0.2, 0.25) is 0 Å². The number of carbonyl (C=O) groups excluding carboxylic acids is 1. The Labute approximate surface area is 81.0 Å². The van der Waals surface area contributed by atoms with Crippen molar-refractivity contribution in [2.45, 2.75) is 6.42 Å². The maximum Gasteiger partial charge on any atom is 0.231 e. The molecular formula is C10H9NO3. The van der Waals surface area contributed by atoms with Crippen LogP contribution in [0.25, 0.3) is 0 Å². The van der Waals surface area contributed by atoms with Gasteiger partial charge in [-0.2, -0.15) is 0 Å². The van der Waals surface area contributed by atoms with Crippen LogP contribution in [-0.2, 0) is 11.2 Å². The molecule has 72 valence electrons. The van der Waals surface area contributed by atoms with Gasteiger partial charge in [-0.25, -0.2) is 0 Å². The van der Waals surface area contributed by atoms with E-state index in [9.17, 15) is 4.79 Å². The van der Waals surface area contributed by atoms with Crippen molar-refractivity contribution in [3.8, 4) is 11.5 Å². The number of hydrogen-bond acceptors (Lipinski definition) is 3. The molecule has 2 aliphatic rings. The van der Waals surface area contributed by atoms with E-state index >= 15 is 0 Å². The van der Waals surface area contributed by atoms with Gasteiger partial charge < -0.3 is 14.4 Å². The Bertz CT molecular complexity index is 428. The normalized spacial score (nSPS) is 17.5. The second kappa shape index (κ2) is 2.41. The van der Waals surface area contributed by atoms with E-state index in [0.717, 1.165) is 22.7 Å². The molecule has 0 radical (unpaired) electrons. The van der Waals surface area contributed by atoms with Gasteiger partial charge in [0, 0.05) is 13.1 Å². The Morgan fingerprint density at radius 2 is 2.00 bits per heavy atom. The summed E-state index contributed by atoms with van der Waals surface area (Å²) >= 11 is 0. The number of likely N-dealkylation sites (N-methyl/N-ethyl adjacent to an activating group) is 1. The van der Waals surface area contributed by atoms with Crippen LogP contribution >= 0.6 is 0 Å². The van der Waals surface area contributed by atoms with Gasteiger partial charge >= 0.3 is 0 Å². The van der Waals surface area contributed by atoms with Gasteiger partial charge in [0.05, 0.1) is 12.1 Å². The Morgan fingerprint density at radius 3 is 2.79 bits per heavy atom. The molecule has 0 aliphatic carbocycles. The summed E-state index contributed by atoms with van der Waals surface area (Å²) in [7, 11) is 1.77. The molecule has 0 aromatic heterocycles.